The summed E-state index contributed by atoms with van der Waals surface area (Å²) in [5.41, 5.74) is 0.242. The highest BCUT2D eigenvalue weighted by molar-refractivity contribution is 5.95. The molecule has 17 heavy (non-hydrogen) atoms. The van der Waals surface area contributed by atoms with E-state index in [2.05, 4.69) is 20.6 Å². The van der Waals surface area contributed by atoms with Crippen LogP contribution in [-0.4, -0.2) is 53.4 Å². The molecular weight excluding hydrogens is 222 g/mol. The van der Waals surface area contributed by atoms with Gasteiger partial charge in [-0.1, -0.05) is 0 Å². The molecule has 0 unspecified atom stereocenters. The summed E-state index contributed by atoms with van der Waals surface area (Å²) in [5, 5.41) is 5.47. The average molecular weight is 235 g/mol. The summed E-state index contributed by atoms with van der Waals surface area (Å²) in [6.07, 6.45) is 2.93. The molecule has 7 heteroatoms. The Bertz CT molecular complexity index is 448. The fraction of sp³-hybridized carbons (Fsp3) is 0.400. The molecule has 7 nitrogen and oxygen atoms in total. The van der Waals surface area contributed by atoms with Gasteiger partial charge in [-0.2, -0.15) is 0 Å². The molecule has 1 aromatic rings. The molecule has 1 aromatic heterocycles. The Labute approximate surface area is 98.2 Å². The Morgan fingerprint density at radius 1 is 1.53 bits per heavy atom. The lowest BCUT2D eigenvalue weighted by atomic mass is 10.3. The molecule has 0 radical (unpaired) electrons. The van der Waals surface area contributed by atoms with Crippen molar-refractivity contribution >= 4 is 17.6 Å². The molecule has 90 valence electrons. The van der Waals surface area contributed by atoms with E-state index in [4.69, 9.17) is 0 Å². The molecule has 0 aliphatic carbocycles. The highest BCUT2D eigenvalue weighted by atomic mass is 16.2. The van der Waals surface area contributed by atoms with Crippen molar-refractivity contribution in [1.29, 1.82) is 0 Å². The fourth-order valence-corrected chi connectivity index (χ4v) is 1.56. The molecule has 2 heterocycles. The van der Waals surface area contributed by atoms with Crippen LogP contribution >= 0.6 is 0 Å². The number of carbonyl (C=O) groups excluding carboxylic acids is 2. The molecule has 1 saturated heterocycles. The zero-order chi connectivity index (χ0) is 12.3. The zero-order valence-corrected chi connectivity index (χ0v) is 9.43. The van der Waals surface area contributed by atoms with Gasteiger partial charge < -0.3 is 15.5 Å². The van der Waals surface area contributed by atoms with Gasteiger partial charge in [-0.25, -0.2) is 4.98 Å². The Hall–Kier alpha value is -2.18. The first-order chi connectivity index (χ1) is 8.20. The molecular formula is C10H13N5O2. The molecule has 0 atom stereocenters. The summed E-state index contributed by atoms with van der Waals surface area (Å²) in [6.45, 7) is 1.05. The second-order valence-electron chi connectivity index (χ2n) is 3.62. The number of nitrogens with zero attached hydrogens (tertiary/aromatic N) is 3. The number of hydrogen-bond acceptors (Lipinski definition) is 5. The predicted molar refractivity (Wildman–Crippen MR) is 60.5 cm³/mol. The monoisotopic (exact) mass is 235 g/mol. The maximum Gasteiger partial charge on any atom is 0.274 e. The van der Waals surface area contributed by atoms with Gasteiger partial charge in [-0.05, 0) is 0 Å². The molecule has 1 fully saturated rings. The quantitative estimate of drug-likeness (QED) is 0.693. The van der Waals surface area contributed by atoms with Gasteiger partial charge in [0.1, 0.15) is 11.5 Å². The summed E-state index contributed by atoms with van der Waals surface area (Å²) >= 11 is 0. The number of carbonyl (C=O) groups is 2. The van der Waals surface area contributed by atoms with Gasteiger partial charge in [0.15, 0.2) is 0 Å². The largest absolute Gasteiger partial charge is 0.372 e. The van der Waals surface area contributed by atoms with Crippen LogP contribution in [0.5, 0.6) is 0 Å². The van der Waals surface area contributed by atoms with E-state index < -0.39 is 0 Å². The normalized spacial score (nSPS) is 15.4. The minimum Gasteiger partial charge on any atom is -0.372 e. The Kier molecular flexibility index (Phi) is 3.17. The first-order valence-corrected chi connectivity index (χ1v) is 5.26. The van der Waals surface area contributed by atoms with Crippen LogP contribution in [0.4, 0.5) is 5.82 Å². The van der Waals surface area contributed by atoms with Gasteiger partial charge in [-0.15, -0.1) is 0 Å². The SMILES string of the molecule is CNc1cncc(C(=O)N2CCNC(=O)C2)n1. The second kappa shape index (κ2) is 4.77. The highest BCUT2D eigenvalue weighted by Gasteiger charge is 2.23. The molecule has 2 N–H and O–H groups in total. The van der Waals surface area contributed by atoms with E-state index >= 15 is 0 Å². The molecule has 2 rings (SSSR count). The van der Waals surface area contributed by atoms with Crippen LogP contribution in [-0.2, 0) is 4.79 Å². The number of aromatic nitrogens is 2. The van der Waals surface area contributed by atoms with Crippen LogP contribution in [0.1, 0.15) is 10.5 Å². The lowest BCUT2D eigenvalue weighted by Crippen LogP contribution is -2.50. The molecule has 1 aliphatic heterocycles. The van der Waals surface area contributed by atoms with Crippen molar-refractivity contribution in [2.24, 2.45) is 0 Å². The molecule has 1 aliphatic rings. The summed E-state index contributed by atoms with van der Waals surface area (Å²) in [7, 11) is 1.70. The minimum absolute atomic E-state index is 0.0737. The van der Waals surface area contributed by atoms with Crippen molar-refractivity contribution in [3.63, 3.8) is 0 Å². The Morgan fingerprint density at radius 2 is 2.35 bits per heavy atom. The van der Waals surface area contributed by atoms with Gasteiger partial charge in [0, 0.05) is 20.1 Å². The van der Waals surface area contributed by atoms with Crippen molar-refractivity contribution in [3.05, 3.63) is 18.1 Å². The third-order valence-electron chi connectivity index (χ3n) is 2.44. The Balaban J connectivity index is 2.15. The van der Waals surface area contributed by atoms with E-state index in [1.54, 1.807) is 7.05 Å². The first-order valence-electron chi connectivity index (χ1n) is 5.26. The fourth-order valence-electron chi connectivity index (χ4n) is 1.56. The summed E-state index contributed by atoms with van der Waals surface area (Å²) in [6, 6.07) is 0. The maximum atomic E-state index is 12.0. The van der Waals surface area contributed by atoms with Crippen LogP contribution in [0.2, 0.25) is 0 Å². The highest BCUT2D eigenvalue weighted by Crippen LogP contribution is 2.06. The maximum absolute atomic E-state index is 12.0. The van der Waals surface area contributed by atoms with E-state index in [1.807, 2.05) is 0 Å². The van der Waals surface area contributed by atoms with Crippen molar-refractivity contribution in [2.45, 2.75) is 0 Å². The molecule has 0 aromatic carbocycles. The van der Waals surface area contributed by atoms with E-state index in [0.29, 0.717) is 18.9 Å². The lowest BCUT2D eigenvalue weighted by Gasteiger charge is -2.26. The number of piperazine rings is 1. The summed E-state index contributed by atoms with van der Waals surface area (Å²) < 4.78 is 0. The van der Waals surface area contributed by atoms with Crippen molar-refractivity contribution in [3.8, 4) is 0 Å². The summed E-state index contributed by atoms with van der Waals surface area (Å²) in [5.74, 6) is 0.101. The van der Waals surface area contributed by atoms with E-state index in [-0.39, 0.29) is 24.1 Å². The number of amides is 2. The number of hydrogen-bond donors (Lipinski definition) is 2. The van der Waals surface area contributed by atoms with Crippen LogP contribution in [0.25, 0.3) is 0 Å². The molecule has 0 bridgehead atoms. The van der Waals surface area contributed by atoms with E-state index in [0.717, 1.165) is 0 Å². The number of rotatable bonds is 2. The Morgan fingerprint density at radius 3 is 3.06 bits per heavy atom. The molecule has 0 saturated carbocycles. The van der Waals surface area contributed by atoms with Gasteiger partial charge in [0.2, 0.25) is 5.91 Å². The van der Waals surface area contributed by atoms with E-state index in [9.17, 15) is 9.59 Å². The summed E-state index contributed by atoms with van der Waals surface area (Å²) in [4.78, 5) is 32.7. The van der Waals surface area contributed by atoms with Gasteiger partial charge in [-0.3, -0.25) is 14.6 Å². The number of nitrogens with one attached hydrogen (secondary N) is 2. The average Bonchev–Trinajstić information content (AvgIpc) is 2.38. The standard InChI is InChI=1S/C10H13N5O2/c1-11-8-5-12-4-7(14-8)10(17)15-3-2-13-9(16)6-15/h4-5H,2-3,6H2,1H3,(H,11,14)(H,13,16). The predicted octanol–water partition coefficient (Wildman–Crippen LogP) is -0.910. The zero-order valence-electron chi connectivity index (χ0n) is 9.43. The van der Waals surface area contributed by atoms with Gasteiger partial charge in [0.25, 0.3) is 5.91 Å². The lowest BCUT2D eigenvalue weighted by molar-refractivity contribution is -0.123. The first kappa shape index (κ1) is 11.3. The number of anilines is 1. The third-order valence-corrected chi connectivity index (χ3v) is 2.44. The van der Waals surface area contributed by atoms with Crippen LogP contribution < -0.4 is 10.6 Å². The van der Waals surface area contributed by atoms with Crippen molar-refractivity contribution < 1.29 is 9.59 Å². The van der Waals surface area contributed by atoms with Crippen molar-refractivity contribution in [2.75, 3.05) is 32.0 Å². The van der Waals surface area contributed by atoms with Crippen LogP contribution in [0, 0.1) is 0 Å². The minimum atomic E-state index is -0.274. The van der Waals surface area contributed by atoms with E-state index in [1.165, 1.54) is 17.3 Å². The van der Waals surface area contributed by atoms with Gasteiger partial charge >= 0.3 is 0 Å². The van der Waals surface area contributed by atoms with Crippen LogP contribution in [0.15, 0.2) is 12.4 Å². The third kappa shape index (κ3) is 2.49. The molecule has 2 amide bonds. The smallest absolute Gasteiger partial charge is 0.274 e. The van der Waals surface area contributed by atoms with Gasteiger partial charge in [0.05, 0.1) is 18.9 Å². The topological polar surface area (TPSA) is 87.2 Å². The molecule has 0 spiro atoms. The van der Waals surface area contributed by atoms with Crippen LogP contribution in [0.3, 0.4) is 0 Å². The van der Waals surface area contributed by atoms with Crippen molar-refractivity contribution in [1.82, 2.24) is 20.2 Å². The second-order valence-corrected chi connectivity index (χ2v) is 3.62.